The molecule has 1 aromatic rings. The van der Waals surface area contributed by atoms with E-state index in [4.69, 9.17) is 28.9 Å². The van der Waals surface area contributed by atoms with Crippen molar-refractivity contribution < 1.29 is 56.2 Å². The number of nitrogens with zero attached hydrogens (tertiary/aromatic N) is 1. The molecule has 1 aromatic carbocycles. The van der Waals surface area contributed by atoms with Gasteiger partial charge in [-0.3, -0.25) is 4.79 Å². The molecule has 2 atom stereocenters. The van der Waals surface area contributed by atoms with Crippen LogP contribution in [-0.2, 0) is 11.2 Å². The van der Waals surface area contributed by atoms with Crippen LogP contribution in [0.15, 0.2) is 36.1 Å². The smallest absolute Gasteiger partial charge is 0.677 e. The second-order valence-electron chi connectivity index (χ2n) is 8.30. The third-order valence-corrected chi connectivity index (χ3v) is 7.14. The van der Waals surface area contributed by atoms with Crippen LogP contribution in [-0.4, -0.2) is 36.5 Å². The predicted molar refractivity (Wildman–Crippen MR) is 119 cm³/mol. The molecular weight excluding hydrogens is 444 g/mol. The predicted octanol–water partition coefficient (Wildman–Crippen LogP) is 2.51. The van der Waals surface area contributed by atoms with Crippen molar-refractivity contribution in [1.82, 2.24) is 10.2 Å². The Labute approximate surface area is 232 Å². The fourth-order valence-corrected chi connectivity index (χ4v) is 5.85. The topological polar surface area (TPSA) is 56.1 Å². The van der Waals surface area contributed by atoms with E-state index >= 15 is 0 Å². The zero-order chi connectivity index (χ0) is 20.4. The summed E-state index contributed by atoms with van der Waals surface area (Å²) in [5.41, 5.74) is 11.2. The summed E-state index contributed by atoms with van der Waals surface area (Å²) in [4.78, 5) is 14.4. The molecule has 2 heterocycles. The minimum absolute atomic E-state index is 0. The fraction of sp³-hybridized carbons (Fsp3) is 0.522. The van der Waals surface area contributed by atoms with Crippen LogP contribution in [0.4, 0.5) is 0 Å². The quantitative estimate of drug-likeness (QED) is 0.685. The summed E-state index contributed by atoms with van der Waals surface area (Å²) in [5, 5.41) is 5.08. The van der Waals surface area contributed by atoms with E-state index in [1.54, 1.807) is 0 Å². The molecule has 2 aliphatic heterocycles. The van der Waals surface area contributed by atoms with Crippen LogP contribution < -0.4 is 56.7 Å². The van der Waals surface area contributed by atoms with Gasteiger partial charge in [0.15, 0.2) is 0 Å². The van der Waals surface area contributed by atoms with E-state index in [0.29, 0.717) is 30.3 Å². The van der Waals surface area contributed by atoms with Crippen LogP contribution in [0.25, 0.3) is 5.73 Å². The van der Waals surface area contributed by atoms with Gasteiger partial charge in [-0.25, -0.2) is 0 Å². The molecule has 3 aliphatic rings. The van der Waals surface area contributed by atoms with Gasteiger partial charge in [0.05, 0.1) is 6.04 Å². The molecule has 1 amide bonds. The number of rotatable bonds is 4. The second-order valence-corrected chi connectivity index (χ2v) is 9.15. The molecule has 4 nitrogen and oxygen atoms in total. The number of benzene rings is 1. The first kappa shape index (κ1) is 24.8. The number of hydrogen-bond donors (Lipinski definition) is 1. The molecule has 30 heavy (non-hydrogen) atoms. The van der Waals surface area contributed by atoms with E-state index in [9.17, 15) is 4.79 Å². The van der Waals surface area contributed by atoms with Crippen LogP contribution >= 0.6 is 23.2 Å². The van der Waals surface area contributed by atoms with Gasteiger partial charge >= 0.3 is 51.4 Å². The van der Waals surface area contributed by atoms with Gasteiger partial charge < -0.3 is 16.0 Å². The van der Waals surface area contributed by atoms with Crippen molar-refractivity contribution in [3.8, 4) is 0 Å². The molecule has 2 N–H and O–H groups in total. The van der Waals surface area contributed by atoms with E-state index in [-0.39, 0.29) is 69.3 Å². The number of hydrogen-bond acceptors (Lipinski definition) is 2. The molecule has 7 heteroatoms. The van der Waals surface area contributed by atoms with Gasteiger partial charge in [-0.1, -0.05) is 35.7 Å². The normalized spacial score (nSPS) is 23.4. The zero-order valence-corrected chi connectivity index (χ0v) is 22.2. The number of carbonyl (C=O) groups excluding carboxylic acids is 1. The first-order chi connectivity index (χ1) is 14.1. The van der Waals surface area contributed by atoms with E-state index in [1.165, 1.54) is 16.7 Å². The van der Waals surface area contributed by atoms with Crippen molar-refractivity contribution in [1.29, 1.82) is 0 Å². The SMILES string of the molecule is [K+].[NH-]CCCC(=O)N1CCC(C2c3c(Cl)cc(Cl)cc3CCC3=CC=CNC32)CC1. The maximum absolute atomic E-state index is 12.4. The Morgan fingerprint density at radius 2 is 1.97 bits per heavy atom. The summed E-state index contributed by atoms with van der Waals surface area (Å²) in [6.07, 6.45) is 11.4. The number of amides is 1. The Balaban J connectivity index is 0.00000256. The van der Waals surface area contributed by atoms with Crippen LogP contribution in [0.2, 0.25) is 10.0 Å². The van der Waals surface area contributed by atoms with Gasteiger partial charge in [0, 0.05) is 35.5 Å². The largest absolute Gasteiger partial charge is 1.00 e. The third kappa shape index (κ3) is 5.37. The number of allylic oxidation sites excluding steroid dienone is 2. The van der Waals surface area contributed by atoms with Gasteiger partial charge in [-0.2, -0.15) is 6.54 Å². The minimum atomic E-state index is 0. The van der Waals surface area contributed by atoms with Crippen LogP contribution in [0, 0.1) is 5.92 Å². The van der Waals surface area contributed by atoms with Crippen LogP contribution in [0.1, 0.15) is 49.1 Å². The Hall–Kier alpha value is 0.146. The summed E-state index contributed by atoms with van der Waals surface area (Å²) >= 11 is 13.1. The molecule has 0 radical (unpaired) electrons. The molecule has 1 aliphatic carbocycles. The molecule has 4 rings (SSSR count). The van der Waals surface area contributed by atoms with Crippen molar-refractivity contribution in [2.45, 2.75) is 50.5 Å². The van der Waals surface area contributed by atoms with E-state index in [1.807, 2.05) is 17.2 Å². The first-order valence-corrected chi connectivity index (χ1v) is 11.4. The van der Waals surface area contributed by atoms with Crippen LogP contribution in [0.5, 0.6) is 0 Å². The van der Waals surface area contributed by atoms with E-state index in [0.717, 1.165) is 43.8 Å². The standard InChI is InChI=1S/C23H28Cl2N3O.K/c24-18-13-17-6-5-16-3-2-10-27-23(16)22(21(17)19(25)14-18)15-7-11-28(12-8-15)20(29)4-1-9-26;/h2-3,10,13-15,22-23,26-27H,1,4-9,11-12H2;/q-1;+1. The fourth-order valence-electron chi connectivity index (χ4n) is 5.19. The molecule has 0 bridgehead atoms. The number of dihydropyridines is 1. The molecular formula is C23H28Cl2KN3O. The number of aryl methyl sites for hydroxylation is 1. The zero-order valence-electron chi connectivity index (χ0n) is 17.6. The van der Waals surface area contributed by atoms with Crippen molar-refractivity contribution in [2.75, 3.05) is 19.6 Å². The molecule has 0 spiro atoms. The number of likely N-dealkylation sites (tertiary alicyclic amines) is 1. The van der Waals surface area contributed by atoms with Gasteiger partial charge in [0.2, 0.25) is 5.91 Å². The monoisotopic (exact) mass is 471 g/mol. The van der Waals surface area contributed by atoms with Crippen molar-refractivity contribution >= 4 is 29.1 Å². The minimum Gasteiger partial charge on any atom is -0.677 e. The van der Waals surface area contributed by atoms with Crippen LogP contribution in [0.3, 0.4) is 0 Å². The Morgan fingerprint density at radius 1 is 1.20 bits per heavy atom. The van der Waals surface area contributed by atoms with E-state index in [2.05, 4.69) is 23.5 Å². The number of nitrogens with one attached hydrogen (secondary N) is 2. The van der Waals surface area contributed by atoms with Crippen molar-refractivity contribution in [2.24, 2.45) is 5.92 Å². The molecule has 2 unspecified atom stereocenters. The molecule has 0 aromatic heterocycles. The molecule has 0 saturated carbocycles. The first-order valence-electron chi connectivity index (χ1n) is 10.6. The summed E-state index contributed by atoms with van der Waals surface area (Å²) in [6, 6.07) is 4.21. The second kappa shape index (κ2) is 11.3. The van der Waals surface area contributed by atoms with Crippen molar-refractivity contribution in [3.63, 3.8) is 0 Å². The summed E-state index contributed by atoms with van der Waals surface area (Å²) < 4.78 is 0. The van der Waals surface area contributed by atoms with Gasteiger partial charge in [0.1, 0.15) is 0 Å². The number of piperidine rings is 1. The summed E-state index contributed by atoms with van der Waals surface area (Å²) in [7, 11) is 0. The van der Waals surface area contributed by atoms with E-state index < -0.39 is 0 Å². The molecule has 1 saturated heterocycles. The van der Waals surface area contributed by atoms with Crippen molar-refractivity contribution in [3.05, 3.63) is 63.0 Å². The third-order valence-electron chi connectivity index (χ3n) is 6.60. The number of fused-ring (bicyclic) bond motifs is 2. The molecule has 156 valence electrons. The number of carbonyl (C=O) groups is 1. The van der Waals surface area contributed by atoms with Gasteiger partial charge in [0.25, 0.3) is 0 Å². The maximum Gasteiger partial charge on any atom is 1.00 e. The summed E-state index contributed by atoms with van der Waals surface area (Å²) in [5.74, 6) is 0.929. The summed E-state index contributed by atoms with van der Waals surface area (Å²) in [6.45, 7) is 1.90. The Kier molecular flexibility index (Phi) is 9.36. The average Bonchev–Trinajstić information content (AvgIpc) is 2.89. The maximum atomic E-state index is 12.4. The Morgan fingerprint density at radius 3 is 2.70 bits per heavy atom. The number of halogens is 2. The Bertz CT molecular complexity index is 834. The molecule has 1 fully saturated rings. The van der Waals surface area contributed by atoms with Gasteiger partial charge in [-0.05, 0) is 72.7 Å². The average molecular weight is 473 g/mol. The van der Waals surface area contributed by atoms with Gasteiger partial charge in [-0.15, -0.1) is 0 Å².